The molecule has 76 valence electrons. The second-order valence-electron chi connectivity index (χ2n) is 4.36. The van der Waals surface area contributed by atoms with Gasteiger partial charge in [-0.2, -0.15) is 0 Å². The van der Waals surface area contributed by atoms with E-state index in [1.54, 1.807) is 7.11 Å². The first-order valence-electron chi connectivity index (χ1n) is 5.43. The van der Waals surface area contributed by atoms with Gasteiger partial charge in [-0.25, -0.2) is 0 Å². The third-order valence-electron chi connectivity index (χ3n) is 3.05. The van der Waals surface area contributed by atoms with E-state index in [9.17, 15) is 0 Å². The number of hydrogen-bond donors (Lipinski definition) is 0. The smallest absolute Gasteiger partial charge is 0.119 e. The van der Waals surface area contributed by atoms with E-state index in [2.05, 4.69) is 25.1 Å². The maximum Gasteiger partial charge on any atom is 0.119 e. The molecule has 0 heterocycles. The molecule has 1 atom stereocenters. The Kier molecular flexibility index (Phi) is 2.76. The molecule has 0 spiro atoms. The molecule has 1 nitrogen and oxygen atoms in total. The molecule has 1 fully saturated rings. The highest BCUT2D eigenvalue weighted by molar-refractivity contribution is 5.30. The summed E-state index contributed by atoms with van der Waals surface area (Å²) in [7, 11) is 1.73. The lowest BCUT2D eigenvalue weighted by Crippen LogP contribution is -1.95. The average molecular weight is 190 g/mol. The van der Waals surface area contributed by atoms with Crippen LogP contribution in [0.4, 0.5) is 0 Å². The van der Waals surface area contributed by atoms with E-state index in [1.807, 2.05) is 6.07 Å². The number of rotatable bonds is 4. The zero-order valence-electron chi connectivity index (χ0n) is 8.99. The monoisotopic (exact) mass is 190 g/mol. The zero-order chi connectivity index (χ0) is 9.97. The molecule has 0 N–H and O–H groups in total. The van der Waals surface area contributed by atoms with Gasteiger partial charge in [0.2, 0.25) is 0 Å². The number of ether oxygens (including phenoxy) is 1. The summed E-state index contributed by atoms with van der Waals surface area (Å²) in [5.41, 5.74) is 1.41. The van der Waals surface area contributed by atoms with Gasteiger partial charge in [0, 0.05) is 0 Å². The van der Waals surface area contributed by atoms with E-state index in [0.29, 0.717) is 5.92 Å². The molecule has 1 aliphatic carbocycles. The summed E-state index contributed by atoms with van der Waals surface area (Å²) in [5.74, 6) is 2.65. The fourth-order valence-electron chi connectivity index (χ4n) is 1.94. The molecule has 1 aromatic carbocycles. The lowest BCUT2D eigenvalue weighted by Gasteiger charge is -2.12. The Morgan fingerprint density at radius 1 is 1.43 bits per heavy atom. The topological polar surface area (TPSA) is 9.23 Å². The first-order chi connectivity index (χ1) is 6.79. The van der Waals surface area contributed by atoms with Gasteiger partial charge in [-0.15, -0.1) is 0 Å². The first kappa shape index (κ1) is 9.57. The van der Waals surface area contributed by atoms with Gasteiger partial charge in [0.1, 0.15) is 5.75 Å². The average Bonchev–Trinajstić information content (AvgIpc) is 3.02. The van der Waals surface area contributed by atoms with Crippen LogP contribution in [0.25, 0.3) is 0 Å². The molecule has 14 heavy (non-hydrogen) atoms. The summed E-state index contributed by atoms with van der Waals surface area (Å²) >= 11 is 0. The highest BCUT2D eigenvalue weighted by Crippen LogP contribution is 2.38. The van der Waals surface area contributed by atoms with Crippen LogP contribution < -0.4 is 4.74 Å². The highest BCUT2D eigenvalue weighted by Gasteiger charge is 2.24. The Labute approximate surface area is 86.1 Å². The minimum absolute atomic E-state index is 0.678. The third-order valence-corrected chi connectivity index (χ3v) is 3.05. The minimum atomic E-state index is 0.678. The van der Waals surface area contributed by atoms with E-state index in [-0.39, 0.29) is 0 Å². The van der Waals surface area contributed by atoms with Gasteiger partial charge in [0.05, 0.1) is 7.11 Å². The lowest BCUT2D eigenvalue weighted by molar-refractivity contribution is 0.413. The van der Waals surface area contributed by atoms with Crippen LogP contribution >= 0.6 is 0 Å². The molecule has 1 heteroatoms. The molecule has 1 saturated carbocycles. The van der Waals surface area contributed by atoms with Crippen molar-refractivity contribution in [3.05, 3.63) is 29.8 Å². The van der Waals surface area contributed by atoms with Crippen LogP contribution in [0.15, 0.2) is 24.3 Å². The van der Waals surface area contributed by atoms with Gasteiger partial charge in [-0.3, -0.25) is 0 Å². The Hall–Kier alpha value is -0.980. The molecular formula is C13H18O. The summed E-state index contributed by atoms with van der Waals surface area (Å²) < 4.78 is 5.23. The molecule has 0 amide bonds. The van der Waals surface area contributed by atoms with Crippen molar-refractivity contribution in [3.8, 4) is 5.75 Å². The van der Waals surface area contributed by atoms with Crippen molar-refractivity contribution in [2.45, 2.75) is 32.1 Å². The van der Waals surface area contributed by atoms with Crippen molar-refractivity contribution in [2.24, 2.45) is 5.92 Å². The lowest BCUT2D eigenvalue weighted by atomic mass is 9.95. The van der Waals surface area contributed by atoms with Crippen LogP contribution in [0.3, 0.4) is 0 Å². The second kappa shape index (κ2) is 4.04. The molecule has 0 aliphatic heterocycles. The van der Waals surface area contributed by atoms with Crippen molar-refractivity contribution in [1.82, 2.24) is 0 Å². The molecule has 0 bridgehead atoms. The molecule has 0 radical (unpaired) electrons. The highest BCUT2D eigenvalue weighted by atomic mass is 16.5. The summed E-state index contributed by atoms with van der Waals surface area (Å²) in [6.45, 7) is 2.31. The third kappa shape index (κ3) is 2.28. The van der Waals surface area contributed by atoms with Crippen LogP contribution in [0, 0.1) is 5.92 Å². The number of benzene rings is 1. The van der Waals surface area contributed by atoms with Crippen molar-refractivity contribution in [1.29, 1.82) is 0 Å². The summed E-state index contributed by atoms with van der Waals surface area (Å²) in [4.78, 5) is 0. The summed E-state index contributed by atoms with van der Waals surface area (Å²) in [6.07, 6.45) is 4.22. The zero-order valence-corrected chi connectivity index (χ0v) is 8.99. The van der Waals surface area contributed by atoms with Crippen molar-refractivity contribution < 1.29 is 4.74 Å². The second-order valence-corrected chi connectivity index (χ2v) is 4.36. The van der Waals surface area contributed by atoms with Crippen molar-refractivity contribution in [3.63, 3.8) is 0 Å². The van der Waals surface area contributed by atoms with E-state index in [1.165, 1.54) is 24.8 Å². The van der Waals surface area contributed by atoms with Crippen molar-refractivity contribution in [2.75, 3.05) is 7.11 Å². The Morgan fingerprint density at radius 2 is 2.21 bits per heavy atom. The molecule has 0 saturated heterocycles. The Balaban J connectivity index is 2.05. The Morgan fingerprint density at radius 3 is 2.86 bits per heavy atom. The number of hydrogen-bond acceptors (Lipinski definition) is 1. The van der Waals surface area contributed by atoms with Crippen LogP contribution in [0.1, 0.15) is 37.7 Å². The van der Waals surface area contributed by atoms with E-state index in [0.717, 1.165) is 11.7 Å². The minimum Gasteiger partial charge on any atom is -0.497 e. The standard InChI is InChI=1S/C13H18O/c1-10(8-11-6-7-11)12-4-3-5-13(9-12)14-2/h3-5,9-11H,6-8H2,1-2H3. The van der Waals surface area contributed by atoms with Gasteiger partial charge in [-0.1, -0.05) is 31.9 Å². The molecular weight excluding hydrogens is 172 g/mol. The molecule has 1 unspecified atom stereocenters. The fraction of sp³-hybridized carbons (Fsp3) is 0.538. The largest absolute Gasteiger partial charge is 0.497 e. The molecule has 1 aliphatic rings. The van der Waals surface area contributed by atoms with Gasteiger partial charge in [0.25, 0.3) is 0 Å². The first-order valence-corrected chi connectivity index (χ1v) is 5.43. The van der Waals surface area contributed by atoms with Crippen molar-refractivity contribution >= 4 is 0 Å². The summed E-state index contributed by atoms with van der Waals surface area (Å²) in [5, 5.41) is 0. The van der Waals surface area contributed by atoms with E-state index >= 15 is 0 Å². The van der Waals surface area contributed by atoms with Crippen LogP contribution in [-0.2, 0) is 0 Å². The van der Waals surface area contributed by atoms with E-state index < -0.39 is 0 Å². The van der Waals surface area contributed by atoms with Gasteiger partial charge < -0.3 is 4.74 Å². The molecule has 2 rings (SSSR count). The predicted octanol–water partition coefficient (Wildman–Crippen LogP) is 3.60. The van der Waals surface area contributed by atoms with Gasteiger partial charge in [0.15, 0.2) is 0 Å². The molecule has 0 aromatic heterocycles. The summed E-state index contributed by atoms with van der Waals surface area (Å²) in [6, 6.07) is 8.45. The van der Waals surface area contributed by atoms with Crippen LogP contribution in [-0.4, -0.2) is 7.11 Å². The van der Waals surface area contributed by atoms with Gasteiger partial charge >= 0.3 is 0 Å². The fourth-order valence-corrected chi connectivity index (χ4v) is 1.94. The predicted molar refractivity (Wildman–Crippen MR) is 58.8 cm³/mol. The van der Waals surface area contributed by atoms with Gasteiger partial charge in [-0.05, 0) is 36.0 Å². The number of methoxy groups -OCH3 is 1. The Bertz CT molecular complexity index is 302. The van der Waals surface area contributed by atoms with Crippen LogP contribution in [0.5, 0.6) is 5.75 Å². The SMILES string of the molecule is COc1cccc(C(C)CC2CC2)c1. The molecule has 1 aromatic rings. The quantitative estimate of drug-likeness (QED) is 0.705. The maximum atomic E-state index is 5.23. The normalized spacial score (nSPS) is 17.9. The maximum absolute atomic E-state index is 5.23. The van der Waals surface area contributed by atoms with Crippen LogP contribution in [0.2, 0.25) is 0 Å². The van der Waals surface area contributed by atoms with E-state index in [4.69, 9.17) is 4.74 Å².